The van der Waals surface area contributed by atoms with Crippen LogP contribution in [0, 0.1) is 0 Å². The van der Waals surface area contributed by atoms with Gasteiger partial charge < -0.3 is 10.4 Å². The highest BCUT2D eigenvalue weighted by atomic mass is 35.5. The first-order valence-electron chi connectivity index (χ1n) is 6.84. The Labute approximate surface area is 128 Å². The second-order valence-corrected chi connectivity index (χ2v) is 5.11. The highest BCUT2D eigenvalue weighted by Gasteiger charge is 2.08. The number of aliphatic hydroxyl groups excluding tert-OH is 1. The molecule has 112 valence electrons. The van der Waals surface area contributed by atoms with E-state index in [1.165, 1.54) is 4.68 Å². The first-order chi connectivity index (χ1) is 10.2. The van der Waals surface area contributed by atoms with E-state index in [0.717, 1.165) is 17.5 Å². The highest BCUT2D eigenvalue weighted by Crippen LogP contribution is 2.16. The number of aryl methyl sites for hydroxylation is 1. The van der Waals surface area contributed by atoms with E-state index >= 15 is 0 Å². The van der Waals surface area contributed by atoms with Gasteiger partial charge in [-0.25, -0.2) is 4.68 Å². The highest BCUT2D eigenvalue weighted by molar-refractivity contribution is 6.32. The Kier molecular flexibility index (Phi) is 5.36. The van der Waals surface area contributed by atoms with Gasteiger partial charge in [-0.1, -0.05) is 42.8 Å². The molecule has 0 radical (unpaired) electrons. The normalized spacial score (nSPS) is 10.6. The maximum atomic E-state index is 12.0. The summed E-state index contributed by atoms with van der Waals surface area (Å²) in [6.45, 7) is 3.09. The Morgan fingerprint density at radius 3 is 2.57 bits per heavy atom. The molecule has 1 heterocycles. The lowest BCUT2D eigenvalue weighted by Crippen LogP contribution is -2.24. The third kappa shape index (κ3) is 3.83. The van der Waals surface area contributed by atoms with Crippen LogP contribution >= 0.6 is 11.6 Å². The quantitative estimate of drug-likeness (QED) is 0.860. The molecule has 0 aliphatic carbocycles. The third-order valence-corrected chi connectivity index (χ3v) is 3.47. The molecule has 0 bridgehead atoms. The zero-order valence-corrected chi connectivity index (χ0v) is 12.6. The summed E-state index contributed by atoms with van der Waals surface area (Å²) >= 11 is 6.08. The van der Waals surface area contributed by atoms with E-state index in [4.69, 9.17) is 16.7 Å². The summed E-state index contributed by atoms with van der Waals surface area (Å²) in [6, 6.07) is 7.54. The summed E-state index contributed by atoms with van der Waals surface area (Å²) in [6.07, 6.45) is 2.40. The van der Waals surface area contributed by atoms with Crippen LogP contribution in [-0.2, 0) is 19.7 Å². The lowest BCUT2D eigenvalue weighted by atomic mass is 10.1. The number of hydrogen-bond acceptors (Lipinski definition) is 4. The molecule has 1 aromatic heterocycles. The number of nitrogens with zero attached hydrogens (tertiary/aromatic N) is 2. The van der Waals surface area contributed by atoms with E-state index in [9.17, 15) is 4.79 Å². The Balaban J connectivity index is 2.09. The molecule has 0 amide bonds. The van der Waals surface area contributed by atoms with Crippen LogP contribution in [0.15, 0.2) is 35.3 Å². The molecule has 21 heavy (non-hydrogen) atoms. The molecule has 2 N–H and O–H groups in total. The van der Waals surface area contributed by atoms with Crippen LogP contribution in [0.3, 0.4) is 0 Å². The van der Waals surface area contributed by atoms with Gasteiger partial charge in [0.05, 0.1) is 18.5 Å². The Hall–Kier alpha value is -1.85. The van der Waals surface area contributed by atoms with Gasteiger partial charge in [-0.3, -0.25) is 4.79 Å². The molecular formula is C15H18ClN3O2. The van der Waals surface area contributed by atoms with Gasteiger partial charge in [0.15, 0.2) is 0 Å². The van der Waals surface area contributed by atoms with Crippen molar-refractivity contribution < 1.29 is 5.11 Å². The lowest BCUT2D eigenvalue weighted by Gasteiger charge is -2.10. The first-order valence-corrected chi connectivity index (χ1v) is 7.21. The fraction of sp³-hybridized carbons (Fsp3) is 0.333. The van der Waals surface area contributed by atoms with Gasteiger partial charge in [0.25, 0.3) is 5.56 Å². The summed E-state index contributed by atoms with van der Waals surface area (Å²) in [5.74, 6) is 0. The number of aromatic nitrogens is 2. The van der Waals surface area contributed by atoms with Crippen molar-refractivity contribution in [1.29, 1.82) is 0 Å². The topological polar surface area (TPSA) is 67.2 Å². The van der Waals surface area contributed by atoms with Gasteiger partial charge in [0.1, 0.15) is 5.02 Å². The standard InChI is InChI=1S/C15H18ClN3O2/c1-2-7-19-15(21)14(16)13(9-18-19)17-8-11-3-5-12(10-20)6-4-11/h3-6,9,17,20H,2,7-8,10H2,1H3. The van der Waals surface area contributed by atoms with Crippen molar-refractivity contribution in [3.05, 3.63) is 57.0 Å². The van der Waals surface area contributed by atoms with Crippen molar-refractivity contribution in [2.75, 3.05) is 5.32 Å². The Morgan fingerprint density at radius 2 is 1.95 bits per heavy atom. The minimum atomic E-state index is -0.279. The van der Waals surface area contributed by atoms with Crippen LogP contribution in [0.2, 0.25) is 5.02 Å². The lowest BCUT2D eigenvalue weighted by molar-refractivity contribution is 0.282. The first kappa shape index (κ1) is 15.5. The van der Waals surface area contributed by atoms with Gasteiger partial charge in [-0.15, -0.1) is 0 Å². The molecule has 0 spiro atoms. The molecule has 0 aliphatic heterocycles. The number of anilines is 1. The van der Waals surface area contributed by atoms with E-state index in [1.54, 1.807) is 6.20 Å². The van der Waals surface area contributed by atoms with Crippen LogP contribution in [0.5, 0.6) is 0 Å². The zero-order valence-electron chi connectivity index (χ0n) is 11.8. The van der Waals surface area contributed by atoms with Crippen LogP contribution in [0.25, 0.3) is 0 Å². The molecule has 0 saturated heterocycles. The fourth-order valence-electron chi connectivity index (χ4n) is 1.92. The number of benzene rings is 1. The van der Waals surface area contributed by atoms with Crippen molar-refractivity contribution in [1.82, 2.24) is 9.78 Å². The summed E-state index contributed by atoms with van der Waals surface area (Å²) in [4.78, 5) is 12.0. The summed E-state index contributed by atoms with van der Waals surface area (Å²) in [5, 5.41) is 16.4. The monoisotopic (exact) mass is 307 g/mol. The average molecular weight is 308 g/mol. The molecule has 2 aromatic rings. The summed E-state index contributed by atoms with van der Waals surface area (Å²) < 4.78 is 1.36. The van der Waals surface area contributed by atoms with Gasteiger partial charge in [-0.05, 0) is 17.5 Å². The number of halogens is 1. The van der Waals surface area contributed by atoms with Crippen LogP contribution in [0.1, 0.15) is 24.5 Å². The fourth-order valence-corrected chi connectivity index (χ4v) is 2.13. The minimum Gasteiger partial charge on any atom is -0.392 e. The second kappa shape index (κ2) is 7.24. The van der Waals surface area contributed by atoms with Gasteiger partial charge in [0, 0.05) is 13.1 Å². The zero-order chi connectivity index (χ0) is 15.2. The van der Waals surface area contributed by atoms with Crippen molar-refractivity contribution >= 4 is 17.3 Å². The van der Waals surface area contributed by atoms with E-state index < -0.39 is 0 Å². The second-order valence-electron chi connectivity index (χ2n) is 4.73. The smallest absolute Gasteiger partial charge is 0.287 e. The Bertz CT molecular complexity index is 653. The molecule has 0 atom stereocenters. The van der Waals surface area contributed by atoms with Gasteiger partial charge in [-0.2, -0.15) is 5.10 Å². The third-order valence-electron chi connectivity index (χ3n) is 3.11. The van der Waals surface area contributed by atoms with Crippen molar-refractivity contribution in [2.24, 2.45) is 0 Å². The summed E-state index contributed by atoms with van der Waals surface area (Å²) in [7, 11) is 0. The van der Waals surface area contributed by atoms with E-state index in [-0.39, 0.29) is 17.2 Å². The summed E-state index contributed by atoms with van der Waals surface area (Å²) in [5.41, 5.74) is 2.14. The van der Waals surface area contributed by atoms with Gasteiger partial charge >= 0.3 is 0 Å². The number of hydrogen-bond donors (Lipinski definition) is 2. The molecule has 5 nitrogen and oxygen atoms in total. The maximum Gasteiger partial charge on any atom is 0.287 e. The van der Waals surface area contributed by atoms with Crippen LogP contribution in [-0.4, -0.2) is 14.9 Å². The predicted molar refractivity (Wildman–Crippen MR) is 83.5 cm³/mol. The largest absolute Gasteiger partial charge is 0.392 e. The molecule has 6 heteroatoms. The van der Waals surface area contributed by atoms with Crippen molar-refractivity contribution in [3.8, 4) is 0 Å². The van der Waals surface area contributed by atoms with Crippen molar-refractivity contribution in [3.63, 3.8) is 0 Å². The van der Waals surface area contributed by atoms with E-state index in [1.807, 2.05) is 31.2 Å². The maximum absolute atomic E-state index is 12.0. The Morgan fingerprint density at radius 1 is 1.29 bits per heavy atom. The minimum absolute atomic E-state index is 0.0269. The van der Waals surface area contributed by atoms with E-state index in [0.29, 0.717) is 18.8 Å². The molecule has 2 rings (SSSR count). The number of aliphatic hydroxyl groups is 1. The van der Waals surface area contributed by atoms with Gasteiger partial charge in [0.2, 0.25) is 0 Å². The van der Waals surface area contributed by atoms with E-state index in [2.05, 4.69) is 10.4 Å². The average Bonchev–Trinajstić information content (AvgIpc) is 2.52. The number of rotatable bonds is 6. The van der Waals surface area contributed by atoms with Crippen molar-refractivity contribution in [2.45, 2.75) is 33.0 Å². The molecule has 0 saturated carbocycles. The van der Waals surface area contributed by atoms with Crippen LogP contribution in [0.4, 0.5) is 5.69 Å². The molecule has 0 fully saturated rings. The molecule has 1 aromatic carbocycles. The molecule has 0 aliphatic rings. The number of nitrogens with one attached hydrogen (secondary N) is 1. The SMILES string of the molecule is CCCn1ncc(NCc2ccc(CO)cc2)c(Cl)c1=O. The predicted octanol–water partition coefficient (Wildman–Crippen LogP) is 2.41. The molecular weight excluding hydrogens is 290 g/mol. The van der Waals surface area contributed by atoms with Crippen LogP contribution < -0.4 is 10.9 Å². The molecule has 0 unspecified atom stereocenters.